The number of nitrogens with zero attached hydrogens (tertiary/aromatic N) is 1. The van der Waals surface area contributed by atoms with E-state index in [1.807, 2.05) is 6.92 Å². The monoisotopic (exact) mass is 262 g/mol. The molecule has 1 heterocycles. The summed E-state index contributed by atoms with van der Waals surface area (Å²) in [5.41, 5.74) is 1.65. The molecule has 2 rings (SSSR count). The van der Waals surface area contributed by atoms with Gasteiger partial charge in [-0.2, -0.15) is 0 Å². The molecule has 2 N–H and O–H groups in total. The van der Waals surface area contributed by atoms with Gasteiger partial charge in [-0.1, -0.05) is 17.7 Å². The summed E-state index contributed by atoms with van der Waals surface area (Å²) >= 11 is 5.64. The molecule has 1 aromatic carbocycles. The summed E-state index contributed by atoms with van der Waals surface area (Å²) in [7, 11) is 0. The number of aryl methyl sites for hydroxylation is 1. The molecule has 5 heteroatoms. The van der Waals surface area contributed by atoms with Gasteiger partial charge < -0.3 is 10.4 Å². The van der Waals surface area contributed by atoms with E-state index in [9.17, 15) is 9.90 Å². The third-order valence-corrected chi connectivity index (χ3v) is 2.61. The smallest absolute Gasteiger partial charge is 0.257 e. The Labute approximate surface area is 109 Å². The maximum Gasteiger partial charge on any atom is 0.257 e. The van der Waals surface area contributed by atoms with Crippen LogP contribution in [0.2, 0.25) is 5.15 Å². The fourth-order valence-electron chi connectivity index (χ4n) is 1.45. The summed E-state index contributed by atoms with van der Waals surface area (Å²) in [5, 5.41) is 12.6. The summed E-state index contributed by atoms with van der Waals surface area (Å²) in [6.45, 7) is 1.86. The number of anilines is 1. The van der Waals surface area contributed by atoms with Crippen LogP contribution in [0.4, 0.5) is 5.69 Å². The third-order valence-electron chi connectivity index (χ3n) is 2.39. The predicted molar refractivity (Wildman–Crippen MR) is 70.0 cm³/mol. The zero-order chi connectivity index (χ0) is 13.1. The second kappa shape index (κ2) is 5.06. The Hall–Kier alpha value is -2.07. The molecular weight excluding hydrogens is 252 g/mol. The number of phenolic OH excluding ortho intramolecular Hbond substituents is 1. The van der Waals surface area contributed by atoms with Crippen molar-refractivity contribution in [2.75, 3.05) is 5.32 Å². The quantitative estimate of drug-likeness (QED) is 0.646. The van der Waals surface area contributed by atoms with E-state index in [0.29, 0.717) is 16.4 Å². The Morgan fingerprint density at radius 2 is 2.11 bits per heavy atom. The molecule has 0 atom stereocenters. The van der Waals surface area contributed by atoms with Crippen LogP contribution in [-0.2, 0) is 0 Å². The fraction of sp³-hybridized carbons (Fsp3) is 0.0769. The summed E-state index contributed by atoms with van der Waals surface area (Å²) in [5.74, 6) is -0.316. The van der Waals surface area contributed by atoms with Crippen LogP contribution in [0, 0.1) is 6.92 Å². The van der Waals surface area contributed by atoms with Crippen LogP contribution in [0.15, 0.2) is 36.5 Å². The normalized spacial score (nSPS) is 10.1. The van der Waals surface area contributed by atoms with Gasteiger partial charge in [0.15, 0.2) is 0 Å². The third kappa shape index (κ3) is 2.78. The number of aromatic hydroxyl groups is 1. The number of amides is 1. The Morgan fingerprint density at radius 3 is 2.72 bits per heavy atom. The summed E-state index contributed by atoms with van der Waals surface area (Å²) in [6.07, 6.45) is 1.38. The van der Waals surface area contributed by atoms with E-state index in [4.69, 9.17) is 11.6 Å². The molecule has 0 fully saturated rings. The van der Waals surface area contributed by atoms with E-state index in [0.717, 1.165) is 5.56 Å². The number of halogens is 1. The van der Waals surface area contributed by atoms with Crippen molar-refractivity contribution in [3.8, 4) is 5.75 Å². The first-order valence-corrected chi connectivity index (χ1v) is 5.66. The van der Waals surface area contributed by atoms with E-state index < -0.39 is 0 Å². The standard InChI is InChI=1S/C13H11ClN2O2/c1-8-2-4-10(11(17)6-8)16-13(18)9-3-5-12(14)15-7-9/h2-7,17H,1H3,(H,16,18). The molecule has 0 aliphatic rings. The van der Waals surface area contributed by atoms with Crippen LogP contribution in [0.5, 0.6) is 5.75 Å². The number of pyridine rings is 1. The van der Waals surface area contributed by atoms with Crippen molar-refractivity contribution in [1.82, 2.24) is 4.98 Å². The lowest BCUT2D eigenvalue weighted by Gasteiger charge is -2.07. The second-order valence-corrected chi connectivity index (χ2v) is 4.23. The van der Waals surface area contributed by atoms with E-state index in [-0.39, 0.29) is 11.7 Å². The minimum Gasteiger partial charge on any atom is -0.506 e. The first kappa shape index (κ1) is 12.4. The minimum atomic E-state index is -0.349. The topological polar surface area (TPSA) is 62.2 Å². The van der Waals surface area contributed by atoms with Crippen molar-refractivity contribution in [3.05, 3.63) is 52.8 Å². The lowest BCUT2D eigenvalue weighted by molar-refractivity contribution is 0.102. The molecule has 1 amide bonds. The highest BCUT2D eigenvalue weighted by atomic mass is 35.5. The number of rotatable bonds is 2. The average Bonchev–Trinajstić information content (AvgIpc) is 2.33. The second-order valence-electron chi connectivity index (χ2n) is 3.84. The van der Waals surface area contributed by atoms with Gasteiger partial charge in [0.2, 0.25) is 0 Å². The molecule has 0 aliphatic carbocycles. The van der Waals surface area contributed by atoms with Gasteiger partial charge >= 0.3 is 0 Å². The van der Waals surface area contributed by atoms with Crippen LogP contribution in [0.1, 0.15) is 15.9 Å². The molecule has 0 unspecified atom stereocenters. The van der Waals surface area contributed by atoms with Gasteiger partial charge in [0.05, 0.1) is 11.3 Å². The molecule has 0 saturated carbocycles. The average molecular weight is 263 g/mol. The van der Waals surface area contributed by atoms with Gasteiger partial charge in [-0.25, -0.2) is 4.98 Å². The predicted octanol–water partition coefficient (Wildman–Crippen LogP) is 3.00. The highest BCUT2D eigenvalue weighted by Crippen LogP contribution is 2.24. The van der Waals surface area contributed by atoms with Crippen molar-refractivity contribution in [3.63, 3.8) is 0 Å². The molecule has 2 aromatic rings. The number of phenols is 1. The molecule has 0 aliphatic heterocycles. The van der Waals surface area contributed by atoms with Gasteiger partial charge in [0.1, 0.15) is 10.9 Å². The van der Waals surface area contributed by atoms with Gasteiger partial charge in [-0.15, -0.1) is 0 Å². The maximum atomic E-state index is 11.9. The molecule has 0 saturated heterocycles. The van der Waals surface area contributed by atoms with Crippen molar-refractivity contribution in [2.24, 2.45) is 0 Å². The fourth-order valence-corrected chi connectivity index (χ4v) is 1.56. The highest BCUT2D eigenvalue weighted by molar-refractivity contribution is 6.29. The van der Waals surface area contributed by atoms with Gasteiger partial charge in [-0.3, -0.25) is 4.79 Å². The molecule has 0 spiro atoms. The summed E-state index contributed by atoms with van der Waals surface area (Å²) in [4.78, 5) is 15.7. The molecule has 0 radical (unpaired) electrons. The van der Waals surface area contributed by atoms with Crippen LogP contribution in [0.25, 0.3) is 0 Å². The molecule has 4 nitrogen and oxygen atoms in total. The first-order chi connectivity index (χ1) is 8.56. The first-order valence-electron chi connectivity index (χ1n) is 5.29. The van der Waals surface area contributed by atoms with Crippen LogP contribution >= 0.6 is 11.6 Å². The van der Waals surface area contributed by atoms with Crippen molar-refractivity contribution >= 4 is 23.2 Å². The zero-order valence-electron chi connectivity index (χ0n) is 9.64. The van der Waals surface area contributed by atoms with E-state index in [1.54, 1.807) is 24.3 Å². The maximum absolute atomic E-state index is 11.9. The summed E-state index contributed by atoms with van der Waals surface area (Å²) < 4.78 is 0. The van der Waals surface area contributed by atoms with Crippen LogP contribution in [-0.4, -0.2) is 16.0 Å². The Kier molecular flexibility index (Phi) is 3.48. The van der Waals surface area contributed by atoms with Crippen molar-refractivity contribution in [1.29, 1.82) is 0 Å². The number of carbonyl (C=O) groups is 1. The number of aromatic nitrogens is 1. The van der Waals surface area contributed by atoms with Gasteiger partial charge in [0.25, 0.3) is 5.91 Å². The Balaban J connectivity index is 2.18. The van der Waals surface area contributed by atoms with Gasteiger partial charge in [-0.05, 0) is 36.8 Å². The van der Waals surface area contributed by atoms with E-state index >= 15 is 0 Å². The number of hydrogen-bond donors (Lipinski definition) is 2. The number of benzene rings is 1. The molecule has 1 aromatic heterocycles. The molecule has 18 heavy (non-hydrogen) atoms. The van der Waals surface area contributed by atoms with E-state index in [2.05, 4.69) is 10.3 Å². The Morgan fingerprint density at radius 1 is 1.33 bits per heavy atom. The van der Waals surface area contributed by atoms with Crippen LogP contribution in [0.3, 0.4) is 0 Å². The molecule has 92 valence electrons. The van der Waals surface area contributed by atoms with Crippen molar-refractivity contribution < 1.29 is 9.90 Å². The lowest BCUT2D eigenvalue weighted by Crippen LogP contribution is -2.12. The SMILES string of the molecule is Cc1ccc(NC(=O)c2ccc(Cl)nc2)c(O)c1. The number of hydrogen-bond acceptors (Lipinski definition) is 3. The number of nitrogens with one attached hydrogen (secondary N) is 1. The Bertz CT molecular complexity index is 582. The lowest BCUT2D eigenvalue weighted by atomic mass is 10.2. The molecule has 0 bridgehead atoms. The van der Waals surface area contributed by atoms with Gasteiger partial charge in [0, 0.05) is 6.20 Å². The largest absolute Gasteiger partial charge is 0.506 e. The highest BCUT2D eigenvalue weighted by Gasteiger charge is 2.09. The molecular formula is C13H11ClN2O2. The zero-order valence-corrected chi connectivity index (χ0v) is 10.4. The van der Waals surface area contributed by atoms with Crippen LogP contribution < -0.4 is 5.32 Å². The number of carbonyl (C=O) groups excluding carboxylic acids is 1. The van der Waals surface area contributed by atoms with E-state index in [1.165, 1.54) is 12.3 Å². The minimum absolute atomic E-state index is 0.0327. The van der Waals surface area contributed by atoms with Crippen molar-refractivity contribution in [2.45, 2.75) is 6.92 Å². The summed E-state index contributed by atoms with van der Waals surface area (Å²) in [6, 6.07) is 8.12.